The number of hydrogen-bond acceptors (Lipinski definition) is 3. The van der Waals surface area contributed by atoms with Gasteiger partial charge in [0.15, 0.2) is 0 Å². The number of hydrogen-bond donors (Lipinski definition) is 2. The molecule has 0 aliphatic rings. The summed E-state index contributed by atoms with van der Waals surface area (Å²) in [7, 11) is 1.58. The Morgan fingerprint density at radius 1 is 1.57 bits per heavy atom. The summed E-state index contributed by atoms with van der Waals surface area (Å²) in [6.45, 7) is 6.95. The standard InChI is InChI=1S/C10H22N2O2/c1-8(2)10(3,7-11)12-9(13)5-6-14-4/h8H,5-7,11H2,1-4H3,(H,12,13). The van der Waals surface area contributed by atoms with E-state index in [2.05, 4.69) is 5.32 Å². The van der Waals surface area contributed by atoms with Crippen molar-refractivity contribution in [1.82, 2.24) is 5.32 Å². The van der Waals surface area contributed by atoms with Crippen molar-refractivity contribution in [2.45, 2.75) is 32.7 Å². The van der Waals surface area contributed by atoms with E-state index in [1.54, 1.807) is 7.11 Å². The first-order valence-corrected chi connectivity index (χ1v) is 4.96. The van der Waals surface area contributed by atoms with Gasteiger partial charge < -0.3 is 15.8 Å². The van der Waals surface area contributed by atoms with Gasteiger partial charge in [0, 0.05) is 20.1 Å². The lowest BCUT2D eigenvalue weighted by Crippen LogP contribution is -2.55. The van der Waals surface area contributed by atoms with Crippen molar-refractivity contribution < 1.29 is 9.53 Å². The highest BCUT2D eigenvalue weighted by atomic mass is 16.5. The van der Waals surface area contributed by atoms with Crippen molar-refractivity contribution in [3.05, 3.63) is 0 Å². The van der Waals surface area contributed by atoms with E-state index < -0.39 is 0 Å². The Morgan fingerprint density at radius 2 is 2.14 bits per heavy atom. The molecule has 0 spiro atoms. The van der Waals surface area contributed by atoms with E-state index in [4.69, 9.17) is 10.5 Å². The largest absolute Gasteiger partial charge is 0.384 e. The number of nitrogens with two attached hydrogens (primary N) is 1. The quantitative estimate of drug-likeness (QED) is 0.659. The predicted molar refractivity (Wildman–Crippen MR) is 56.9 cm³/mol. The molecule has 0 saturated carbocycles. The molecule has 0 rings (SSSR count). The van der Waals surface area contributed by atoms with Crippen molar-refractivity contribution in [2.75, 3.05) is 20.3 Å². The average Bonchev–Trinajstić information content (AvgIpc) is 2.14. The van der Waals surface area contributed by atoms with Gasteiger partial charge in [0.25, 0.3) is 0 Å². The van der Waals surface area contributed by atoms with Gasteiger partial charge in [-0.15, -0.1) is 0 Å². The molecule has 1 amide bonds. The van der Waals surface area contributed by atoms with Crippen LogP contribution in [0.3, 0.4) is 0 Å². The summed E-state index contributed by atoms with van der Waals surface area (Å²) in [6, 6.07) is 0. The third-order valence-electron chi connectivity index (χ3n) is 2.66. The molecule has 1 atom stereocenters. The van der Waals surface area contributed by atoms with Gasteiger partial charge in [-0.2, -0.15) is 0 Å². The Labute approximate surface area is 86.2 Å². The number of amides is 1. The molecule has 0 heterocycles. The number of rotatable bonds is 6. The molecule has 3 N–H and O–H groups in total. The molecule has 0 aromatic heterocycles. The first-order chi connectivity index (χ1) is 6.46. The Bertz CT molecular complexity index is 183. The fourth-order valence-corrected chi connectivity index (χ4v) is 1.01. The Hall–Kier alpha value is -0.610. The minimum atomic E-state index is -0.315. The van der Waals surface area contributed by atoms with E-state index in [1.807, 2.05) is 20.8 Å². The van der Waals surface area contributed by atoms with Gasteiger partial charge in [-0.1, -0.05) is 13.8 Å². The molecule has 0 bridgehead atoms. The maximum Gasteiger partial charge on any atom is 0.222 e. The summed E-state index contributed by atoms with van der Waals surface area (Å²) in [4.78, 5) is 11.4. The van der Waals surface area contributed by atoms with Crippen LogP contribution in [0.2, 0.25) is 0 Å². The highest BCUT2D eigenvalue weighted by Crippen LogP contribution is 2.14. The summed E-state index contributed by atoms with van der Waals surface area (Å²) in [5.74, 6) is 0.312. The maximum atomic E-state index is 11.4. The number of nitrogens with one attached hydrogen (secondary N) is 1. The lowest BCUT2D eigenvalue weighted by Gasteiger charge is -2.33. The SMILES string of the molecule is COCCC(=O)NC(C)(CN)C(C)C. The molecule has 84 valence electrons. The second-order valence-corrected chi connectivity index (χ2v) is 4.07. The zero-order valence-corrected chi connectivity index (χ0v) is 9.59. The van der Waals surface area contributed by atoms with Crippen molar-refractivity contribution in [1.29, 1.82) is 0 Å². The monoisotopic (exact) mass is 202 g/mol. The van der Waals surface area contributed by atoms with Crippen LogP contribution in [0.4, 0.5) is 0 Å². The van der Waals surface area contributed by atoms with E-state index in [1.165, 1.54) is 0 Å². The van der Waals surface area contributed by atoms with Crippen LogP contribution in [0.15, 0.2) is 0 Å². The number of ether oxygens (including phenoxy) is 1. The van der Waals surface area contributed by atoms with Crippen molar-refractivity contribution in [3.63, 3.8) is 0 Å². The lowest BCUT2D eigenvalue weighted by molar-refractivity contribution is -0.124. The molecular weight excluding hydrogens is 180 g/mol. The van der Waals surface area contributed by atoms with E-state index in [9.17, 15) is 4.79 Å². The van der Waals surface area contributed by atoms with Gasteiger partial charge in [0.2, 0.25) is 5.91 Å². The molecule has 0 saturated heterocycles. The third kappa shape index (κ3) is 4.07. The van der Waals surface area contributed by atoms with Crippen LogP contribution in [0.5, 0.6) is 0 Å². The summed E-state index contributed by atoms with van der Waals surface area (Å²) >= 11 is 0. The summed E-state index contributed by atoms with van der Waals surface area (Å²) in [6.07, 6.45) is 0.388. The highest BCUT2D eigenvalue weighted by Gasteiger charge is 2.27. The summed E-state index contributed by atoms with van der Waals surface area (Å²) < 4.78 is 4.83. The van der Waals surface area contributed by atoms with E-state index >= 15 is 0 Å². The number of methoxy groups -OCH3 is 1. The summed E-state index contributed by atoms with van der Waals surface area (Å²) in [5, 5.41) is 2.93. The fraction of sp³-hybridized carbons (Fsp3) is 0.900. The molecule has 4 nitrogen and oxygen atoms in total. The van der Waals surface area contributed by atoms with E-state index in [0.29, 0.717) is 25.5 Å². The topological polar surface area (TPSA) is 64.3 Å². The Balaban J connectivity index is 4.11. The zero-order valence-electron chi connectivity index (χ0n) is 9.59. The van der Waals surface area contributed by atoms with Crippen LogP contribution in [0.1, 0.15) is 27.2 Å². The van der Waals surface area contributed by atoms with Gasteiger partial charge in [0.05, 0.1) is 12.1 Å². The molecule has 0 radical (unpaired) electrons. The van der Waals surface area contributed by atoms with Gasteiger partial charge in [-0.25, -0.2) is 0 Å². The third-order valence-corrected chi connectivity index (χ3v) is 2.66. The minimum Gasteiger partial charge on any atom is -0.384 e. The maximum absolute atomic E-state index is 11.4. The van der Waals surface area contributed by atoms with Crippen LogP contribution >= 0.6 is 0 Å². The Morgan fingerprint density at radius 3 is 2.50 bits per heavy atom. The van der Waals surface area contributed by atoms with Gasteiger partial charge in [-0.05, 0) is 12.8 Å². The molecule has 4 heteroatoms. The molecule has 14 heavy (non-hydrogen) atoms. The predicted octanol–water partition coefficient (Wildman–Crippen LogP) is 0.513. The molecule has 0 aromatic carbocycles. The zero-order chi connectivity index (χ0) is 11.2. The van der Waals surface area contributed by atoms with Crippen LogP contribution in [0.25, 0.3) is 0 Å². The second-order valence-electron chi connectivity index (χ2n) is 4.07. The molecule has 0 fully saturated rings. The first kappa shape index (κ1) is 13.4. The highest BCUT2D eigenvalue weighted by molar-refractivity contribution is 5.76. The van der Waals surface area contributed by atoms with Crippen LogP contribution in [-0.4, -0.2) is 31.7 Å². The van der Waals surface area contributed by atoms with Gasteiger partial charge in [0.1, 0.15) is 0 Å². The molecule has 1 unspecified atom stereocenters. The first-order valence-electron chi connectivity index (χ1n) is 4.96. The van der Waals surface area contributed by atoms with Crippen molar-refractivity contribution in [2.24, 2.45) is 11.7 Å². The van der Waals surface area contributed by atoms with E-state index in [-0.39, 0.29) is 11.4 Å². The van der Waals surface area contributed by atoms with Crippen LogP contribution in [-0.2, 0) is 9.53 Å². The van der Waals surface area contributed by atoms with Crippen LogP contribution < -0.4 is 11.1 Å². The normalized spacial score (nSPS) is 15.3. The van der Waals surface area contributed by atoms with Crippen molar-refractivity contribution in [3.8, 4) is 0 Å². The number of carbonyl (C=O) groups excluding carboxylic acids is 1. The average molecular weight is 202 g/mol. The fourth-order valence-electron chi connectivity index (χ4n) is 1.01. The lowest BCUT2D eigenvalue weighted by atomic mass is 9.88. The Kier molecular flexibility index (Phi) is 5.72. The summed E-state index contributed by atoms with van der Waals surface area (Å²) in [5.41, 5.74) is 5.32. The minimum absolute atomic E-state index is 0.00602. The van der Waals surface area contributed by atoms with Crippen molar-refractivity contribution >= 4 is 5.91 Å². The molecule has 0 aliphatic carbocycles. The van der Waals surface area contributed by atoms with E-state index in [0.717, 1.165) is 0 Å². The van der Waals surface area contributed by atoms with Gasteiger partial charge >= 0.3 is 0 Å². The molecular formula is C10H22N2O2. The second kappa shape index (κ2) is 5.98. The number of carbonyl (C=O) groups is 1. The van der Waals surface area contributed by atoms with Gasteiger partial charge in [-0.3, -0.25) is 4.79 Å². The molecule has 0 aromatic rings. The smallest absolute Gasteiger partial charge is 0.222 e. The van der Waals surface area contributed by atoms with Crippen LogP contribution in [0, 0.1) is 5.92 Å². The molecule has 0 aliphatic heterocycles.